The minimum atomic E-state index is -0.890. The van der Waals surface area contributed by atoms with Crippen LogP contribution >= 0.6 is 0 Å². The van der Waals surface area contributed by atoms with Gasteiger partial charge in [0.25, 0.3) is 0 Å². The average molecular weight is 215 g/mol. The highest BCUT2D eigenvalue weighted by Gasteiger charge is 2.48. The summed E-state index contributed by atoms with van der Waals surface area (Å²) in [5, 5.41) is 20.0. The molecule has 5 nitrogen and oxygen atoms in total. The molecule has 15 heavy (non-hydrogen) atoms. The predicted octanol–water partition coefficient (Wildman–Crippen LogP) is -0.158. The third-order valence-electron chi connectivity index (χ3n) is 2.69. The number of amides is 1. The van der Waals surface area contributed by atoms with E-state index in [0.29, 0.717) is 19.4 Å². The molecule has 86 valence electrons. The first-order valence-electron chi connectivity index (χ1n) is 5.17. The number of aliphatic hydroxyl groups is 1. The molecule has 0 saturated heterocycles. The molecule has 5 heteroatoms. The Morgan fingerprint density at radius 2 is 2.13 bits per heavy atom. The predicted molar refractivity (Wildman–Crippen MR) is 53.1 cm³/mol. The maximum Gasteiger partial charge on any atom is 0.307 e. The van der Waals surface area contributed by atoms with Gasteiger partial charge in [-0.1, -0.05) is 6.92 Å². The number of aliphatic hydroxyl groups excluding tert-OH is 1. The van der Waals surface area contributed by atoms with Crippen molar-refractivity contribution >= 4 is 11.9 Å². The second-order valence-electron chi connectivity index (χ2n) is 4.15. The van der Waals surface area contributed by atoms with Crippen molar-refractivity contribution in [3.05, 3.63) is 0 Å². The van der Waals surface area contributed by atoms with Crippen LogP contribution in [0, 0.1) is 17.8 Å². The Morgan fingerprint density at radius 3 is 2.60 bits per heavy atom. The molecule has 1 aliphatic rings. The smallest absolute Gasteiger partial charge is 0.307 e. The van der Waals surface area contributed by atoms with Crippen LogP contribution in [0.15, 0.2) is 0 Å². The third-order valence-corrected chi connectivity index (χ3v) is 2.69. The van der Waals surface area contributed by atoms with Gasteiger partial charge in [-0.25, -0.2) is 0 Å². The van der Waals surface area contributed by atoms with Crippen LogP contribution in [-0.2, 0) is 9.59 Å². The number of hydrogen-bond donors (Lipinski definition) is 3. The summed E-state index contributed by atoms with van der Waals surface area (Å²) in [6.07, 6.45) is 1.10. The normalized spacial score (nSPS) is 25.7. The van der Waals surface area contributed by atoms with Crippen molar-refractivity contribution in [1.29, 1.82) is 0 Å². The van der Waals surface area contributed by atoms with E-state index in [2.05, 4.69) is 5.32 Å². The quantitative estimate of drug-likeness (QED) is 0.574. The summed E-state index contributed by atoms with van der Waals surface area (Å²) < 4.78 is 0. The van der Waals surface area contributed by atoms with Crippen molar-refractivity contribution in [1.82, 2.24) is 5.32 Å². The highest BCUT2D eigenvalue weighted by atomic mass is 16.4. The third kappa shape index (κ3) is 3.51. The highest BCUT2D eigenvalue weighted by molar-refractivity contribution is 5.89. The molecule has 0 aromatic heterocycles. The molecule has 3 unspecified atom stereocenters. The molecule has 1 aliphatic carbocycles. The minimum absolute atomic E-state index is 0.109. The van der Waals surface area contributed by atoms with Crippen LogP contribution < -0.4 is 5.32 Å². The zero-order valence-electron chi connectivity index (χ0n) is 8.77. The molecule has 0 aromatic rings. The number of aliphatic carboxylic acids is 1. The van der Waals surface area contributed by atoms with Crippen molar-refractivity contribution < 1.29 is 19.8 Å². The molecule has 0 bridgehead atoms. The molecule has 1 rings (SSSR count). The van der Waals surface area contributed by atoms with Crippen LogP contribution in [-0.4, -0.2) is 35.2 Å². The largest absolute Gasteiger partial charge is 0.481 e. The number of carboxylic acids is 1. The maximum absolute atomic E-state index is 11.4. The van der Waals surface area contributed by atoms with E-state index in [9.17, 15) is 9.59 Å². The molecule has 3 N–H and O–H groups in total. The molecule has 3 atom stereocenters. The Morgan fingerprint density at radius 1 is 1.47 bits per heavy atom. The number of carbonyl (C=O) groups is 2. The van der Waals surface area contributed by atoms with Crippen LogP contribution in [0.1, 0.15) is 19.8 Å². The second kappa shape index (κ2) is 5.11. The molecule has 0 radical (unpaired) electrons. The molecule has 0 spiro atoms. The fourth-order valence-corrected chi connectivity index (χ4v) is 1.49. The Kier molecular flexibility index (Phi) is 4.08. The van der Waals surface area contributed by atoms with Gasteiger partial charge in [0.1, 0.15) is 0 Å². The van der Waals surface area contributed by atoms with Gasteiger partial charge >= 0.3 is 5.97 Å². The van der Waals surface area contributed by atoms with Gasteiger partial charge in [-0.2, -0.15) is 0 Å². The van der Waals surface area contributed by atoms with Crippen LogP contribution in [0.25, 0.3) is 0 Å². The summed E-state index contributed by atoms with van der Waals surface area (Å²) >= 11 is 0. The Bertz CT molecular complexity index is 254. The summed E-state index contributed by atoms with van der Waals surface area (Å²) in [6.45, 7) is 2.54. The standard InChI is InChI=1S/C10H17NO4/c1-6(2-3-12)5-11-9(13)7-4-8(7)10(14)15/h6-8,12H,2-5H2,1H3,(H,11,13)(H,14,15). The fraction of sp³-hybridized carbons (Fsp3) is 0.800. The van der Waals surface area contributed by atoms with E-state index in [4.69, 9.17) is 10.2 Å². The van der Waals surface area contributed by atoms with Gasteiger partial charge in [-0.05, 0) is 18.8 Å². The molecular weight excluding hydrogens is 198 g/mol. The van der Waals surface area contributed by atoms with Crippen molar-refractivity contribution in [3.63, 3.8) is 0 Å². The molecule has 0 heterocycles. The lowest BCUT2D eigenvalue weighted by molar-refractivity contribution is -0.140. The minimum Gasteiger partial charge on any atom is -0.481 e. The lowest BCUT2D eigenvalue weighted by atomic mass is 10.1. The van der Waals surface area contributed by atoms with Gasteiger partial charge in [0.05, 0.1) is 11.8 Å². The zero-order chi connectivity index (χ0) is 11.4. The summed E-state index contributed by atoms with van der Waals surface area (Å²) in [5.41, 5.74) is 0. The van der Waals surface area contributed by atoms with Gasteiger partial charge in [-0.3, -0.25) is 9.59 Å². The van der Waals surface area contributed by atoms with E-state index in [1.807, 2.05) is 6.92 Å². The van der Waals surface area contributed by atoms with Gasteiger partial charge in [0.2, 0.25) is 5.91 Å². The summed E-state index contributed by atoms with van der Waals surface area (Å²) in [6, 6.07) is 0. The van der Waals surface area contributed by atoms with Crippen LogP contribution in [0.2, 0.25) is 0 Å². The van der Waals surface area contributed by atoms with Gasteiger partial charge in [0, 0.05) is 13.2 Å². The van der Waals surface area contributed by atoms with Gasteiger partial charge in [0.15, 0.2) is 0 Å². The Balaban J connectivity index is 2.18. The number of carbonyl (C=O) groups excluding carboxylic acids is 1. The van der Waals surface area contributed by atoms with Crippen LogP contribution in [0.3, 0.4) is 0 Å². The topological polar surface area (TPSA) is 86.6 Å². The number of hydrogen-bond acceptors (Lipinski definition) is 3. The summed E-state index contributed by atoms with van der Waals surface area (Å²) in [4.78, 5) is 21.9. The summed E-state index contributed by atoms with van der Waals surface area (Å²) in [7, 11) is 0. The average Bonchev–Trinajstić information content (AvgIpc) is 2.94. The van der Waals surface area contributed by atoms with Crippen LogP contribution in [0.5, 0.6) is 0 Å². The molecule has 0 aliphatic heterocycles. The maximum atomic E-state index is 11.4. The Labute approximate surface area is 88.5 Å². The van der Waals surface area contributed by atoms with E-state index in [-0.39, 0.29) is 24.3 Å². The SMILES string of the molecule is CC(CCO)CNC(=O)C1CC1C(=O)O. The number of rotatable bonds is 6. The van der Waals surface area contributed by atoms with E-state index < -0.39 is 11.9 Å². The van der Waals surface area contributed by atoms with Crippen molar-refractivity contribution in [2.75, 3.05) is 13.2 Å². The molecular formula is C10H17NO4. The van der Waals surface area contributed by atoms with Crippen molar-refractivity contribution in [3.8, 4) is 0 Å². The summed E-state index contributed by atoms with van der Waals surface area (Å²) in [5.74, 6) is -1.67. The van der Waals surface area contributed by atoms with Crippen molar-refractivity contribution in [2.45, 2.75) is 19.8 Å². The lowest BCUT2D eigenvalue weighted by Gasteiger charge is -2.10. The van der Waals surface area contributed by atoms with Gasteiger partial charge in [-0.15, -0.1) is 0 Å². The number of carboxylic acid groups (broad SMARTS) is 1. The first kappa shape index (κ1) is 12.0. The monoisotopic (exact) mass is 215 g/mol. The molecule has 1 amide bonds. The first-order valence-corrected chi connectivity index (χ1v) is 5.17. The zero-order valence-corrected chi connectivity index (χ0v) is 8.77. The second-order valence-corrected chi connectivity index (χ2v) is 4.15. The Hall–Kier alpha value is -1.10. The van der Waals surface area contributed by atoms with Crippen LogP contribution in [0.4, 0.5) is 0 Å². The van der Waals surface area contributed by atoms with E-state index in [1.165, 1.54) is 0 Å². The van der Waals surface area contributed by atoms with E-state index in [1.54, 1.807) is 0 Å². The molecule has 0 aromatic carbocycles. The van der Waals surface area contributed by atoms with Gasteiger partial charge < -0.3 is 15.5 Å². The molecule has 1 fully saturated rings. The highest BCUT2D eigenvalue weighted by Crippen LogP contribution is 2.38. The van der Waals surface area contributed by atoms with E-state index >= 15 is 0 Å². The lowest BCUT2D eigenvalue weighted by Crippen LogP contribution is -2.30. The number of nitrogens with one attached hydrogen (secondary N) is 1. The van der Waals surface area contributed by atoms with Crippen molar-refractivity contribution in [2.24, 2.45) is 17.8 Å². The first-order chi connectivity index (χ1) is 7.06. The van der Waals surface area contributed by atoms with E-state index in [0.717, 1.165) is 0 Å². The fourth-order valence-electron chi connectivity index (χ4n) is 1.49. The molecule has 1 saturated carbocycles.